The van der Waals surface area contributed by atoms with Crippen molar-refractivity contribution in [2.45, 2.75) is 19.9 Å². The average molecular weight is 355 g/mol. The molecule has 2 aromatic heterocycles. The van der Waals surface area contributed by atoms with Crippen molar-refractivity contribution in [3.63, 3.8) is 0 Å². The summed E-state index contributed by atoms with van der Waals surface area (Å²) in [5, 5.41) is 3.03. The molecule has 0 unspecified atom stereocenters. The second-order valence-electron chi connectivity index (χ2n) is 5.59. The van der Waals surface area contributed by atoms with E-state index in [2.05, 4.69) is 9.88 Å². The summed E-state index contributed by atoms with van der Waals surface area (Å²) in [4.78, 5) is 6.85. The van der Waals surface area contributed by atoms with E-state index in [9.17, 15) is 8.42 Å². The predicted octanol–water partition coefficient (Wildman–Crippen LogP) is 2.26. The van der Waals surface area contributed by atoms with Gasteiger partial charge in [-0.3, -0.25) is 4.90 Å². The number of hydrogen-bond donors (Lipinski definition) is 0. The lowest BCUT2D eigenvalue weighted by molar-refractivity contribution is 0.181. The van der Waals surface area contributed by atoms with E-state index in [1.165, 1.54) is 0 Å². The number of rotatable bonds is 6. The molecule has 0 atom stereocenters. The summed E-state index contributed by atoms with van der Waals surface area (Å²) in [6.45, 7) is 5.29. The van der Waals surface area contributed by atoms with Gasteiger partial charge in [0.2, 0.25) is 10.0 Å². The average Bonchev–Trinajstić information content (AvgIpc) is 3.18. The fraction of sp³-hybridized carbons (Fsp3) is 0.533. The van der Waals surface area contributed by atoms with Gasteiger partial charge in [0, 0.05) is 31.6 Å². The molecule has 1 fully saturated rings. The number of nitrogens with zero attached hydrogens (tertiary/aromatic N) is 3. The highest BCUT2D eigenvalue weighted by molar-refractivity contribution is 7.89. The number of aromatic nitrogens is 1. The molecule has 2 aromatic rings. The monoisotopic (exact) mass is 355 g/mol. The van der Waals surface area contributed by atoms with Crippen molar-refractivity contribution >= 4 is 21.4 Å². The summed E-state index contributed by atoms with van der Waals surface area (Å²) in [5.41, 5.74) is 0.860. The number of piperazine rings is 1. The third-order valence-corrected chi connectivity index (χ3v) is 6.78. The van der Waals surface area contributed by atoms with Crippen LogP contribution in [0.4, 0.5) is 0 Å². The molecule has 0 amide bonds. The molecule has 0 bridgehead atoms. The van der Waals surface area contributed by atoms with Gasteiger partial charge in [-0.2, -0.15) is 4.31 Å². The minimum atomic E-state index is -3.07. The molecule has 3 heterocycles. The summed E-state index contributed by atoms with van der Waals surface area (Å²) in [5.74, 6) is 1.02. The van der Waals surface area contributed by atoms with Crippen LogP contribution in [0.25, 0.3) is 11.5 Å². The Morgan fingerprint density at radius 3 is 2.74 bits per heavy atom. The van der Waals surface area contributed by atoms with Crippen LogP contribution in [0.1, 0.15) is 18.4 Å². The molecule has 0 spiro atoms. The Balaban J connectivity index is 1.55. The number of thiazole rings is 1. The maximum atomic E-state index is 12.1. The molecule has 6 nitrogen and oxygen atoms in total. The van der Waals surface area contributed by atoms with Crippen LogP contribution in [-0.4, -0.2) is 54.5 Å². The van der Waals surface area contributed by atoms with Crippen LogP contribution in [-0.2, 0) is 16.6 Å². The normalized spacial score (nSPS) is 17.6. The molecule has 0 aliphatic carbocycles. The Bertz CT molecular complexity index is 717. The van der Waals surface area contributed by atoms with E-state index < -0.39 is 10.0 Å². The minimum absolute atomic E-state index is 0.242. The number of hydrogen-bond acceptors (Lipinski definition) is 6. The van der Waals surface area contributed by atoms with E-state index in [1.54, 1.807) is 21.9 Å². The standard InChI is InChI=1S/C15H21N3O3S2/c1-2-10-23(19,20)18-7-5-17(6-8-18)11-15-16-13(12-22-15)14-4-3-9-21-14/h3-4,9,12H,2,5-8,10-11H2,1H3. The SMILES string of the molecule is CCCS(=O)(=O)N1CCN(Cc2nc(-c3ccco3)cs2)CC1. The summed E-state index contributed by atoms with van der Waals surface area (Å²) in [7, 11) is -3.07. The third-order valence-electron chi connectivity index (χ3n) is 3.87. The fourth-order valence-corrected chi connectivity index (χ4v) is 4.98. The highest BCUT2D eigenvalue weighted by atomic mass is 32.2. The predicted molar refractivity (Wildman–Crippen MR) is 90.7 cm³/mol. The highest BCUT2D eigenvalue weighted by Gasteiger charge is 2.26. The molecule has 3 rings (SSSR count). The molecule has 8 heteroatoms. The van der Waals surface area contributed by atoms with Crippen molar-refractivity contribution < 1.29 is 12.8 Å². The Labute approximate surface area is 140 Å². The first kappa shape index (κ1) is 16.6. The smallest absolute Gasteiger partial charge is 0.214 e. The van der Waals surface area contributed by atoms with Crippen molar-refractivity contribution in [3.8, 4) is 11.5 Å². The highest BCUT2D eigenvalue weighted by Crippen LogP contribution is 2.23. The van der Waals surface area contributed by atoms with Gasteiger partial charge in [0.15, 0.2) is 5.76 Å². The van der Waals surface area contributed by atoms with E-state index >= 15 is 0 Å². The van der Waals surface area contributed by atoms with Gasteiger partial charge in [0.25, 0.3) is 0 Å². The number of sulfonamides is 1. The van der Waals surface area contributed by atoms with Crippen molar-refractivity contribution in [1.82, 2.24) is 14.2 Å². The molecule has 23 heavy (non-hydrogen) atoms. The Morgan fingerprint density at radius 1 is 1.30 bits per heavy atom. The first-order chi connectivity index (χ1) is 11.1. The van der Waals surface area contributed by atoms with Crippen LogP contribution < -0.4 is 0 Å². The molecular weight excluding hydrogens is 334 g/mol. The van der Waals surface area contributed by atoms with E-state index in [1.807, 2.05) is 24.4 Å². The van der Waals surface area contributed by atoms with Gasteiger partial charge in [0.1, 0.15) is 10.7 Å². The quantitative estimate of drug-likeness (QED) is 0.795. The molecule has 1 saturated heterocycles. The van der Waals surface area contributed by atoms with Crippen molar-refractivity contribution in [1.29, 1.82) is 0 Å². The van der Waals surface area contributed by atoms with Gasteiger partial charge in [0.05, 0.1) is 18.6 Å². The molecule has 0 radical (unpaired) electrons. The van der Waals surface area contributed by atoms with Crippen LogP contribution in [0.2, 0.25) is 0 Å². The molecule has 0 saturated carbocycles. The van der Waals surface area contributed by atoms with E-state index in [-0.39, 0.29) is 5.75 Å². The summed E-state index contributed by atoms with van der Waals surface area (Å²) >= 11 is 1.61. The largest absolute Gasteiger partial charge is 0.463 e. The van der Waals surface area contributed by atoms with Crippen LogP contribution >= 0.6 is 11.3 Å². The first-order valence-electron chi connectivity index (χ1n) is 7.77. The van der Waals surface area contributed by atoms with Gasteiger partial charge >= 0.3 is 0 Å². The third kappa shape index (κ3) is 4.00. The Hall–Kier alpha value is -1.22. The zero-order chi connectivity index (χ0) is 16.3. The maximum Gasteiger partial charge on any atom is 0.214 e. The Morgan fingerprint density at radius 2 is 2.09 bits per heavy atom. The number of furan rings is 1. The molecule has 0 aromatic carbocycles. The molecule has 1 aliphatic heterocycles. The maximum absolute atomic E-state index is 12.1. The van der Waals surface area contributed by atoms with Crippen LogP contribution in [0, 0.1) is 0 Å². The van der Waals surface area contributed by atoms with Crippen LogP contribution in [0.3, 0.4) is 0 Å². The lowest BCUT2D eigenvalue weighted by Gasteiger charge is -2.33. The topological polar surface area (TPSA) is 66.7 Å². The second-order valence-corrected chi connectivity index (χ2v) is 8.63. The zero-order valence-electron chi connectivity index (χ0n) is 13.1. The lowest BCUT2D eigenvalue weighted by Crippen LogP contribution is -2.48. The van der Waals surface area contributed by atoms with Gasteiger partial charge in [-0.05, 0) is 18.6 Å². The van der Waals surface area contributed by atoms with E-state index in [4.69, 9.17) is 4.42 Å². The van der Waals surface area contributed by atoms with Crippen LogP contribution in [0.5, 0.6) is 0 Å². The second kappa shape index (κ2) is 7.12. The molecule has 126 valence electrons. The van der Waals surface area contributed by atoms with Crippen molar-refractivity contribution in [2.24, 2.45) is 0 Å². The van der Waals surface area contributed by atoms with Gasteiger partial charge in [-0.1, -0.05) is 6.92 Å². The van der Waals surface area contributed by atoms with Gasteiger partial charge in [-0.15, -0.1) is 11.3 Å². The summed E-state index contributed by atoms with van der Waals surface area (Å²) in [6.07, 6.45) is 2.31. The fourth-order valence-electron chi connectivity index (χ4n) is 2.67. The van der Waals surface area contributed by atoms with Crippen molar-refractivity contribution in [2.75, 3.05) is 31.9 Å². The summed E-state index contributed by atoms with van der Waals surface area (Å²) in [6, 6.07) is 3.75. The molecular formula is C15H21N3O3S2. The minimum Gasteiger partial charge on any atom is -0.463 e. The van der Waals surface area contributed by atoms with E-state index in [0.717, 1.165) is 36.1 Å². The van der Waals surface area contributed by atoms with Crippen LogP contribution in [0.15, 0.2) is 28.2 Å². The zero-order valence-corrected chi connectivity index (χ0v) is 14.8. The van der Waals surface area contributed by atoms with E-state index in [0.29, 0.717) is 19.5 Å². The van der Waals surface area contributed by atoms with Gasteiger partial charge in [-0.25, -0.2) is 13.4 Å². The van der Waals surface area contributed by atoms with Crippen molar-refractivity contribution in [3.05, 3.63) is 28.8 Å². The summed E-state index contributed by atoms with van der Waals surface area (Å²) < 4.78 is 31.1. The molecule has 1 aliphatic rings. The Kier molecular flexibility index (Phi) is 5.15. The molecule has 0 N–H and O–H groups in total. The first-order valence-corrected chi connectivity index (χ1v) is 10.3. The lowest BCUT2D eigenvalue weighted by atomic mass is 10.3. The van der Waals surface area contributed by atoms with Gasteiger partial charge < -0.3 is 4.42 Å².